The molecular formula is C8H6ClN3OS. The van der Waals surface area contributed by atoms with Gasteiger partial charge in [0.25, 0.3) is 4.84 Å². The van der Waals surface area contributed by atoms with Crippen molar-refractivity contribution in [3.63, 3.8) is 0 Å². The number of hydrogen-bond donors (Lipinski definition) is 2. The van der Waals surface area contributed by atoms with Crippen molar-refractivity contribution in [1.29, 1.82) is 0 Å². The van der Waals surface area contributed by atoms with Crippen LogP contribution in [0.15, 0.2) is 22.6 Å². The van der Waals surface area contributed by atoms with Crippen LogP contribution < -0.4 is 5.73 Å². The fourth-order valence-corrected chi connectivity index (χ4v) is 1.38. The largest absolute Gasteiger partial charge is 0.409 e. The van der Waals surface area contributed by atoms with Gasteiger partial charge in [-0.25, -0.2) is 5.10 Å². The maximum atomic E-state index is 5.75. The van der Waals surface area contributed by atoms with Crippen molar-refractivity contribution < 1.29 is 4.42 Å². The highest BCUT2D eigenvalue weighted by molar-refractivity contribution is 7.71. The molecule has 2 aromatic rings. The molecule has 0 saturated heterocycles. The van der Waals surface area contributed by atoms with Crippen molar-refractivity contribution in [2.24, 2.45) is 0 Å². The minimum absolute atomic E-state index is 0.217. The van der Waals surface area contributed by atoms with Gasteiger partial charge < -0.3 is 10.2 Å². The van der Waals surface area contributed by atoms with E-state index in [9.17, 15) is 0 Å². The summed E-state index contributed by atoms with van der Waals surface area (Å²) >= 11 is 10.5. The Hall–Kier alpha value is -1.33. The number of aromatic amines is 1. The van der Waals surface area contributed by atoms with Crippen LogP contribution in [0.5, 0.6) is 0 Å². The van der Waals surface area contributed by atoms with E-state index in [4.69, 9.17) is 34.0 Å². The summed E-state index contributed by atoms with van der Waals surface area (Å²) in [5, 5.41) is 6.95. The zero-order valence-corrected chi connectivity index (χ0v) is 8.52. The predicted octanol–water partition coefficient (Wildman–Crippen LogP) is 2.63. The molecule has 0 aliphatic rings. The fourth-order valence-electron chi connectivity index (χ4n) is 1.07. The summed E-state index contributed by atoms with van der Waals surface area (Å²) < 4.78 is 5.12. The van der Waals surface area contributed by atoms with E-state index in [-0.39, 0.29) is 4.84 Å². The van der Waals surface area contributed by atoms with E-state index < -0.39 is 0 Å². The summed E-state index contributed by atoms with van der Waals surface area (Å²) in [7, 11) is 0. The molecule has 14 heavy (non-hydrogen) atoms. The van der Waals surface area contributed by atoms with Crippen LogP contribution in [0.1, 0.15) is 0 Å². The van der Waals surface area contributed by atoms with E-state index in [0.29, 0.717) is 22.2 Å². The Labute approximate surface area is 89.7 Å². The van der Waals surface area contributed by atoms with Crippen LogP contribution in [0.3, 0.4) is 0 Å². The molecule has 6 heteroatoms. The smallest absolute Gasteiger partial charge is 0.284 e. The van der Waals surface area contributed by atoms with Crippen LogP contribution in [0.25, 0.3) is 11.5 Å². The highest BCUT2D eigenvalue weighted by Gasteiger charge is 2.07. The van der Waals surface area contributed by atoms with E-state index in [1.807, 2.05) is 0 Å². The van der Waals surface area contributed by atoms with Crippen LogP contribution in [0, 0.1) is 4.84 Å². The van der Waals surface area contributed by atoms with E-state index in [2.05, 4.69) is 10.2 Å². The summed E-state index contributed by atoms with van der Waals surface area (Å²) in [6.45, 7) is 0. The van der Waals surface area contributed by atoms with Crippen molar-refractivity contribution in [3.05, 3.63) is 28.1 Å². The molecule has 0 amide bonds. The monoisotopic (exact) mass is 227 g/mol. The average Bonchev–Trinajstić information content (AvgIpc) is 2.51. The summed E-state index contributed by atoms with van der Waals surface area (Å²) in [5.74, 6) is 0.365. The number of nitrogens with one attached hydrogen (secondary N) is 1. The van der Waals surface area contributed by atoms with Gasteiger partial charge in [-0.15, -0.1) is 5.10 Å². The first-order chi connectivity index (χ1) is 6.66. The summed E-state index contributed by atoms with van der Waals surface area (Å²) in [6.07, 6.45) is 0. The third-order valence-electron chi connectivity index (χ3n) is 1.68. The molecular weight excluding hydrogens is 222 g/mol. The number of benzene rings is 1. The molecule has 0 spiro atoms. The third-order valence-corrected chi connectivity index (χ3v) is 2.09. The van der Waals surface area contributed by atoms with Crippen LogP contribution in [0.2, 0.25) is 5.02 Å². The van der Waals surface area contributed by atoms with Crippen molar-refractivity contribution in [2.45, 2.75) is 0 Å². The number of nitrogens with zero attached hydrogens (tertiary/aromatic N) is 1. The van der Waals surface area contributed by atoms with Gasteiger partial charge >= 0.3 is 0 Å². The number of aromatic nitrogens is 2. The quantitative estimate of drug-likeness (QED) is 0.581. The van der Waals surface area contributed by atoms with Gasteiger partial charge in [-0.1, -0.05) is 11.6 Å². The number of nitrogen functional groups attached to an aromatic ring is 1. The molecule has 0 bridgehead atoms. The van der Waals surface area contributed by atoms with Gasteiger partial charge in [0, 0.05) is 10.7 Å². The molecule has 0 aliphatic carbocycles. The van der Waals surface area contributed by atoms with E-state index >= 15 is 0 Å². The molecule has 3 N–H and O–H groups in total. The van der Waals surface area contributed by atoms with Crippen LogP contribution in [-0.4, -0.2) is 10.2 Å². The fraction of sp³-hybridized carbons (Fsp3) is 0. The normalized spacial score (nSPS) is 10.4. The van der Waals surface area contributed by atoms with Gasteiger partial charge in [0.2, 0.25) is 5.89 Å². The number of H-pyrrole nitrogens is 1. The van der Waals surface area contributed by atoms with Crippen LogP contribution >= 0.6 is 23.8 Å². The van der Waals surface area contributed by atoms with Crippen LogP contribution in [0.4, 0.5) is 5.69 Å². The second-order valence-corrected chi connectivity index (χ2v) is 3.46. The lowest BCUT2D eigenvalue weighted by molar-refractivity contribution is 0.552. The lowest BCUT2D eigenvalue weighted by atomic mass is 10.2. The average molecular weight is 228 g/mol. The first kappa shape index (κ1) is 9.23. The molecule has 2 rings (SSSR count). The number of rotatable bonds is 1. The number of hydrogen-bond acceptors (Lipinski definition) is 4. The maximum Gasteiger partial charge on any atom is 0.284 e. The second-order valence-electron chi connectivity index (χ2n) is 2.65. The Bertz CT molecular complexity index is 519. The van der Waals surface area contributed by atoms with Gasteiger partial charge in [-0.05, 0) is 30.4 Å². The highest BCUT2D eigenvalue weighted by atomic mass is 35.5. The Kier molecular flexibility index (Phi) is 2.26. The SMILES string of the molecule is Nc1cc(Cl)ccc1-c1n[nH]c(=S)o1. The Morgan fingerprint density at radius 1 is 1.50 bits per heavy atom. The van der Waals surface area contributed by atoms with E-state index in [0.717, 1.165) is 0 Å². The van der Waals surface area contributed by atoms with E-state index in [1.54, 1.807) is 18.2 Å². The molecule has 0 aliphatic heterocycles. The topological polar surface area (TPSA) is 67.8 Å². The van der Waals surface area contributed by atoms with Gasteiger partial charge in [0.05, 0.1) is 5.56 Å². The maximum absolute atomic E-state index is 5.75. The number of nitrogens with two attached hydrogens (primary N) is 1. The zero-order chi connectivity index (χ0) is 10.1. The van der Waals surface area contributed by atoms with Gasteiger partial charge in [-0.3, -0.25) is 0 Å². The highest BCUT2D eigenvalue weighted by Crippen LogP contribution is 2.26. The standard InChI is InChI=1S/C8H6ClN3OS/c9-4-1-2-5(6(10)3-4)7-11-12-8(14)13-7/h1-3H,10H2,(H,12,14). The lowest BCUT2D eigenvalue weighted by Gasteiger charge is -2.00. The first-order valence-corrected chi connectivity index (χ1v) is 4.56. The van der Waals surface area contributed by atoms with Gasteiger partial charge in [0.15, 0.2) is 0 Å². The lowest BCUT2D eigenvalue weighted by Crippen LogP contribution is -1.89. The van der Waals surface area contributed by atoms with Crippen LogP contribution in [-0.2, 0) is 0 Å². The molecule has 1 heterocycles. The van der Waals surface area contributed by atoms with Gasteiger partial charge in [-0.2, -0.15) is 0 Å². The molecule has 0 radical (unpaired) electrons. The first-order valence-electron chi connectivity index (χ1n) is 3.78. The molecule has 72 valence electrons. The second kappa shape index (κ2) is 3.43. The summed E-state index contributed by atoms with van der Waals surface area (Å²) in [5.41, 5.74) is 6.90. The summed E-state index contributed by atoms with van der Waals surface area (Å²) in [4.78, 5) is 0.217. The molecule has 0 unspecified atom stereocenters. The summed E-state index contributed by atoms with van der Waals surface area (Å²) in [6, 6.07) is 5.07. The molecule has 0 fully saturated rings. The van der Waals surface area contributed by atoms with Gasteiger partial charge in [0.1, 0.15) is 0 Å². The van der Waals surface area contributed by atoms with E-state index in [1.165, 1.54) is 0 Å². The Morgan fingerprint density at radius 3 is 2.86 bits per heavy atom. The Balaban J connectivity index is 2.57. The van der Waals surface area contributed by atoms with Crippen molar-refractivity contribution in [3.8, 4) is 11.5 Å². The van der Waals surface area contributed by atoms with Crippen molar-refractivity contribution >= 4 is 29.5 Å². The predicted molar refractivity (Wildman–Crippen MR) is 56.5 cm³/mol. The molecule has 0 saturated carbocycles. The number of anilines is 1. The Morgan fingerprint density at radius 2 is 2.29 bits per heavy atom. The molecule has 4 nitrogen and oxygen atoms in total. The van der Waals surface area contributed by atoms with Crippen molar-refractivity contribution in [1.82, 2.24) is 10.2 Å². The molecule has 0 atom stereocenters. The minimum Gasteiger partial charge on any atom is -0.409 e. The minimum atomic E-state index is 0.217. The number of halogens is 1. The third kappa shape index (κ3) is 1.64. The molecule has 1 aromatic heterocycles. The zero-order valence-electron chi connectivity index (χ0n) is 6.95. The van der Waals surface area contributed by atoms with Crippen molar-refractivity contribution in [2.75, 3.05) is 5.73 Å². The molecule has 1 aromatic carbocycles.